The molecule has 0 spiro atoms. The van der Waals surface area contributed by atoms with E-state index in [0.717, 1.165) is 112 Å². The molecule has 0 amide bonds. The van der Waals surface area contributed by atoms with E-state index in [1.54, 1.807) is 0 Å². The van der Waals surface area contributed by atoms with Gasteiger partial charge in [-0.05, 0) is 96.1 Å². The molecular weight excluding hydrogens is 781 g/mol. The smallest absolute Gasteiger partial charge is 0.0781 e. The Morgan fingerprint density at radius 3 is 1.03 bits per heavy atom. The number of aliphatic imine (C=N–C) groups is 2. The molecule has 11 rings (SSSR count). The molecule has 0 radical (unpaired) electrons. The van der Waals surface area contributed by atoms with Crippen LogP contribution >= 0.6 is 0 Å². The fraction of sp³-hybridized carbons (Fsp3) is 0. The molecule has 6 nitrogen and oxygen atoms in total. The molecule has 0 saturated carbocycles. The summed E-state index contributed by atoms with van der Waals surface area (Å²) in [6.07, 6.45) is 8.33. The van der Waals surface area contributed by atoms with Crippen LogP contribution in [0.2, 0.25) is 0 Å². The lowest BCUT2D eigenvalue weighted by molar-refractivity contribution is 1.31. The summed E-state index contributed by atoms with van der Waals surface area (Å²) >= 11 is 0. The minimum Gasteiger partial charge on any atom is -0.355 e. The number of benzene rings is 6. The van der Waals surface area contributed by atoms with Gasteiger partial charge in [-0.2, -0.15) is 0 Å². The van der Waals surface area contributed by atoms with E-state index in [1.165, 1.54) is 0 Å². The highest BCUT2D eigenvalue weighted by Gasteiger charge is 2.15. The van der Waals surface area contributed by atoms with Gasteiger partial charge in [-0.15, -0.1) is 0 Å². The molecule has 64 heavy (non-hydrogen) atoms. The normalized spacial score (nSPS) is 11.6. The Labute approximate surface area is 371 Å². The van der Waals surface area contributed by atoms with Gasteiger partial charge in [-0.3, -0.25) is 0 Å². The van der Waals surface area contributed by atoms with Crippen molar-refractivity contribution in [2.24, 2.45) is 9.98 Å². The quantitative estimate of drug-likeness (QED) is 0.150. The van der Waals surface area contributed by atoms with E-state index in [-0.39, 0.29) is 0 Å². The second-order valence-electron chi connectivity index (χ2n) is 15.7. The number of aromatic nitrogens is 4. The number of nitrogens with zero attached hydrogens (tertiary/aromatic N) is 4. The highest BCUT2D eigenvalue weighted by atomic mass is 14.8. The first-order valence-corrected chi connectivity index (χ1v) is 21.4. The van der Waals surface area contributed by atoms with Gasteiger partial charge >= 0.3 is 0 Å². The van der Waals surface area contributed by atoms with Gasteiger partial charge in [0, 0.05) is 55.4 Å². The second kappa shape index (κ2) is 17.0. The molecular formula is C58H40N6. The Kier molecular flexibility index (Phi) is 10.1. The van der Waals surface area contributed by atoms with Crippen LogP contribution in [0, 0.1) is 0 Å². The Hall–Kier alpha value is -8.74. The monoisotopic (exact) mass is 820 g/mol. The number of nitrogens with one attached hydrogen (secondary N) is 2. The van der Waals surface area contributed by atoms with E-state index in [0.29, 0.717) is 0 Å². The zero-order chi connectivity index (χ0) is 42.7. The molecule has 8 bridgehead atoms. The Balaban J connectivity index is 0.998. The molecule has 3 aromatic heterocycles. The topological polar surface area (TPSA) is 82.1 Å². The van der Waals surface area contributed by atoms with Gasteiger partial charge in [0.25, 0.3) is 0 Å². The van der Waals surface area contributed by atoms with Crippen molar-refractivity contribution in [2.75, 3.05) is 0 Å². The summed E-state index contributed by atoms with van der Waals surface area (Å²) in [6.45, 7) is 0. The highest BCUT2D eigenvalue weighted by molar-refractivity contribution is 6.14. The van der Waals surface area contributed by atoms with Crippen molar-refractivity contribution in [2.45, 2.75) is 0 Å². The average Bonchev–Trinajstić information content (AvgIpc) is 4.20. The molecule has 6 heteroatoms. The van der Waals surface area contributed by atoms with Crippen LogP contribution in [0.1, 0.15) is 45.0 Å². The summed E-state index contributed by atoms with van der Waals surface area (Å²) < 4.78 is 0. The number of fused-ring (bicyclic) bond motifs is 8. The lowest BCUT2D eigenvalue weighted by Gasteiger charge is -2.09. The summed E-state index contributed by atoms with van der Waals surface area (Å²) in [7, 11) is 0. The molecule has 0 atom stereocenters. The number of rotatable bonds is 8. The summed E-state index contributed by atoms with van der Waals surface area (Å²) in [5, 5.41) is 0. The molecule has 2 aliphatic heterocycles. The van der Waals surface area contributed by atoms with Crippen molar-refractivity contribution in [1.82, 2.24) is 19.9 Å². The second-order valence-corrected chi connectivity index (χ2v) is 15.7. The van der Waals surface area contributed by atoms with Crippen LogP contribution in [0.5, 0.6) is 0 Å². The number of H-pyrrole nitrogens is 2. The van der Waals surface area contributed by atoms with Gasteiger partial charge in [0.1, 0.15) is 0 Å². The Bertz CT molecular complexity index is 3120. The van der Waals surface area contributed by atoms with Crippen LogP contribution in [0.3, 0.4) is 0 Å². The minimum atomic E-state index is 0.855. The predicted octanol–water partition coefficient (Wildman–Crippen LogP) is 14.3. The van der Waals surface area contributed by atoms with E-state index in [1.807, 2.05) is 72.8 Å². The third kappa shape index (κ3) is 7.95. The highest BCUT2D eigenvalue weighted by Crippen LogP contribution is 2.34. The number of hydrogen-bond acceptors (Lipinski definition) is 4. The first-order valence-electron chi connectivity index (χ1n) is 21.4. The Morgan fingerprint density at radius 1 is 0.344 bits per heavy atom. The van der Waals surface area contributed by atoms with Crippen LogP contribution in [0.25, 0.3) is 68.6 Å². The van der Waals surface area contributed by atoms with E-state index >= 15 is 0 Å². The van der Waals surface area contributed by atoms with Crippen LogP contribution in [0.15, 0.2) is 216 Å². The van der Waals surface area contributed by atoms with Gasteiger partial charge in [0.15, 0.2) is 0 Å². The van der Waals surface area contributed by atoms with Crippen molar-refractivity contribution >= 4 is 69.2 Å². The number of aromatic amines is 2. The zero-order valence-electron chi connectivity index (χ0n) is 34.7. The largest absolute Gasteiger partial charge is 0.355 e. The fourth-order valence-corrected chi connectivity index (χ4v) is 8.32. The van der Waals surface area contributed by atoms with Crippen molar-refractivity contribution < 1.29 is 0 Å². The molecule has 2 N–H and O–H groups in total. The standard InChI is InChI=1S/C58H40N6/c1-5-13-41(14-6-1)57(42-15-7-2-8-16-42)63-45-25-21-39(22-26-45)55-51-33-29-47(59-51)37-49-31-35-53(61-49)56(54-36-32-50(62-54)38-48-30-34-52(55)60-48)40-23-27-46(28-24-40)64-58(43-17-9-3-10-18-43)44-19-11-4-12-20-44/h1-38,59,62H. The van der Waals surface area contributed by atoms with E-state index in [4.69, 9.17) is 20.0 Å². The van der Waals surface area contributed by atoms with Gasteiger partial charge < -0.3 is 9.97 Å². The van der Waals surface area contributed by atoms with Gasteiger partial charge in [0.2, 0.25) is 0 Å². The van der Waals surface area contributed by atoms with Gasteiger partial charge in [-0.1, -0.05) is 146 Å². The molecule has 0 aliphatic carbocycles. The summed E-state index contributed by atoms with van der Waals surface area (Å²) in [4.78, 5) is 28.1. The van der Waals surface area contributed by atoms with E-state index in [2.05, 4.69) is 168 Å². The average molecular weight is 821 g/mol. The number of hydrogen-bond donors (Lipinski definition) is 2. The van der Waals surface area contributed by atoms with Crippen molar-refractivity contribution in [3.05, 3.63) is 251 Å². The lowest BCUT2D eigenvalue weighted by atomic mass is 10.0. The molecule has 2 aliphatic rings. The zero-order valence-corrected chi connectivity index (χ0v) is 34.7. The minimum absolute atomic E-state index is 0.855. The molecule has 5 heterocycles. The van der Waals surface area contributed by atoms with Crippen molar-refractivity contribution in [3.8, 4) is 22.3 Å². The van der Waals surface area contributed by atoms with Crippen molar-refractivity contribution in [3.63, 3.8) is 0 Å². The maximum atomic E-state index is 5.18. The summed E-state index contributed by atoms with van der Waals surface area (Å²) in [5.41, 5.74) is 19.2. The van der Waals surface area contributed by atoms with E-state index < -0.39 is 0 Å². The molecule has 6 aromatic carbocycles. The van der Waals surface area contributed by atoms with Crippen LogP contribution in [-0.2, 0) is 0 Å². The molecule has 0 saturated heterocycles. The summed E-state index contributed by atoms with van der Waals surface area (Å²) in [6, 6.07) is 70.8. The molecule has 0 unspecified atom stereocenters. The van der Waals surface area contributed by atoms with Crippen molar-refractivity contribution in [1.29, 1.82) is 0 Å². The first-order chi connectivity index (χ1) is 31.7. The summed E-state index contributed by atoms with van der Waals surface area (Å²) in [5.74, 6) is 0. The van der Waals surface area contributed by atoms with Crippen LogP contribution < -0.4 is 0 Å². The third-order valence-electron chi connectivity index (χ3n) is 11.4. The van der Waals surface area contributed by atoms with Gasteiger partial charge in [0.05, 0.1) is 45.6 Å². The molecule has 9 aromatic rings. The lowest BCUT2D eigenvalue weighted by Crippen LogP contribution is -2.02. The third-order valence-corrected chi connectivity index (χ3v) is 11.4. The van der Waals surface area contributed by atoms with Gasteiger partial charge in [-0.25, -0.2) is 20.0 Å². The Morgan fingerprint density at radius 2 is 0.688 bits per heavy atom. The fourth-order valence-electron chi connectivity index (χ4n) is 8.32. The first kappa shape index (κ1) is 38.2. The predicted molar refractivity (Wildman–Crippen MR) is 266 cm³/mol. The van der Waals surface area contributed by atoms with E-state index in [9.17, 15) is 0 Å². The molecule has 0 fully saturated rings. The maximum absolute atomic E-state index is 5.18. The maximum Gasteiger partial charge on any atom is 0.0781 e. The molecule has 302 valence electrons. The van der Waals surface area contributed by atoms with Crippen LogP contribution in [-0.4, -0.2) is 31.4 Å². The SMILES string of the molecule is C1=Cc2nc1cc1ccc([nH]1)c(-c1ccc(N=C(c3ccccc3)c3ccccc3)cc1)c1nc(cc3ccc([nH]3)c2-c2ccc(N=C(c3ccccc3)c3ccccc3)cc2)C=C1. The van der Waals surface area contributed by atoms with Crippen LogP contribution in [0.4, 0.5) is 11.4 Å².